The Labute approximate surface area is 148 Å². The third-order valence-electron chi connectivity index (χ3n) is 3.25. The van der Waals surface area contributed by atoms with Crippen LogP contribution in [0.25, 0.3) is 0 Å². The van der Waals surface area contributed by atoms with E-state index < -0.39 is 29.8 Å². The van der Waals surface area contributed by atoms with Crippen molar-refractivity contribution in [3.8, 4) is 0 Å². The number of halogens is 6. The lowest BCUT2D eigenvalue weighted by Gasteiger charge is -2.18. The molecule has 0 aliphatic heterocycles. The average molecular weight is 381 g/mol. The van der Waals surface area contributed by atoms with E-state index in [2.05, 4.69) is 15.3 Å². The highest BCUT2D eigenvalue weighted by molar-refractivity contribution is 6.00. The lowest BCUT2D eigenvalue weighted by molar-refractivity contribution is -0.0905. The number of aromatic nitrogens is 1. The lowest BCUT2D eigenvalue weighted by Crippen LogP contribution is -2.27. The smallest absolute Gasteiger partial charge is 0.350 e. The number of nitrogens with zero attached hydrogens (tertiary/aromatic N) is 2. The second-order valence-electron chi connectivity index (χ2n) is 5.92. The van der Waals surface area contributed by atoms with Gasteiger partial charge >= 0.3 is 12.4 Å². The molecule has 1 aromatic heterocycles. The number of pyridine rings is 1. The van der Waals surface area contributed by atoms with Gasteiger partial charge < -0.3 is 5.32 Å². The first-order valence-corrected chi connectivity index (χ1v) is 8.09. The van der Waals surface area contributed by atoms with Crippen molar-refractivity contribution in [2.75, 3.05) is 5.32 Å². The number of anilines is 1. The summed E-state index contributed by atoms with van der Waals surface area (Å²) in [6.45, 7) is 4.63. The molecule has 0 aliphatic carbocycles. The number of alkyl halides is 6. The monoisotopic (exact) mass is 381 g/mol. The summed E-state index contributed by atoms with van der Waals surface area (Å²) in [4.78, 5) is 7.03. The van der Waals surface area contributed by atoms with Gasteiger partial charge in [0.25, 0.3) is 0 Å². The Bertz CT molecular complexity index is 645. The standard InChI is InChI=1S/C17H21F6N3/c1-4-5-6-12-7-8-24-10-13(12)26-15(17(21,22)23)9-14(16(18,19)20)25-11(2)3/h7-11,26H,4-6H2,1-3H3/b15-9-,25-14?. The van der Waals surface area contributed by atoms with E-state index in [4.69, 9.17) is 0 Å². The van der Waals surface area contributed by atoms with Crippen molar-refractivity contribution in [2.24, 2.45) is 4.99 Å². The Balaban J connectivity index is 3.32. The van der Waals surface area contributed by atoms with E-state index in [1.165, 1.54) is 20.0 Å². The molecule has 0 radical (unpaired) electrons. The van der Waals surface area contributed by atoms with Gasteiger partial charge in [0.1, 0.15) is 11.4 Å². The fourth-order valence-corrected chi connectivity index (χ4v) is 2.06. The first-order valence-electron chi connectivity index (χ1n) is 8.09. The Kier molecular flexibility index (Phi) is 7.65. The molecular weight excluding hydrogens is 360 g/mol. The number of allylic oxidation sites excluding steroid dienone is 2. The minimum atomic E-state index is -5.01. The van der Waals surface area contributed by atoms with Gasteiger partial charge in [-0.05, 0) is 44.4 Å². The van der Waals surface area contributed by atoms with Crippen molar-refractivity contribution in [3.63, 3.8) is 0 Å². The second-order valence-corrected chi connectivity index (χ2v) is 5.92. The predicted octanol–water partition coefficient (Wildman–Crippen LogP) is 5.69. The summed E-state index contributed by atoms with van der Waals surface area (Å²) in [5, 5.41) is 2.07. The summed E-state index contributed by atoms with van der Waals surface area (Å²) >= 11 is 0. The molecule has 0 aromatic carbocycles. The highest BCUT2D eigenvalue weighted by Crippen LogP contribution is 2.30. The first-order chi connectivity index (χ1) is 11.9. The fourth-order valence-electron chi connectivity index (χ4n) is 2.06. The van der Waals surface area contributed by atoms with Crippen LogP contribution in [0.1, 0.15) is 39.2 Å². The molecule has 1 N–H and O–H groups in total. The number of hydrogen-bond donors (Lipinski definition) is 1. The van der Waals surface area contributed by atoms with Crippen LogP contribution < -0.4 is 5.32 Å². The molecule has 0 saturated carbocycles. The SMILES string of the molecule is CCCCc1ccncc1N/C(=C\C(=NC(C)C)C(F)(F)F)C(F)(F)F. The Hall–Kier alpha value is -2.06. The Morgan fingerprint density at radius 3 is 2.35 bits per heavy atom. The van der Waals surface area contributed by atoms with Crippen molar-refractivity contribution >= 4 is 11.4 Å². The summed E-state index contributed by atoms with van der Waals surface area (Å²) in [5.74, 6) is 0. The van der Waals surface area contributed by atoms with Crippen LogP contribution in [-0.2, 0) is 6.42 Å². The van der Waals surface area contributed by atoms with Crippen LogP contribution in [-0.4, -0.2) is 29.1 Å². The van der Waals surface area contributed by atoms with Crippen molar-refractivity contribution in [2.45, 2.75) is 58.4 Å². The number of unbranched alkanes of at least 4 members (excludes halogenated alkanes) is 1. The molecule has 26 heavy (non-hydrogen) atoms. The molecule has 0 aliphatic rings. The summed E-state index contributed by atoms with van der Waals surface area (Å²) in [7, 11) is 0. The number of rotatable bonds is 7. The van der Waals surface area contributed by atoms with Crippen LogP contribution in [0.15, 0.2) is 35.2 Å². The fraction of sp³-hybridized carbons (Fsp3) is 0.529. The molecule has 0 unspecified atom stereocenters. The van der Waals surface area contributed by atoms with E-state index in [0.29, 0.717) is 12.0 Å². The highest BCUT2D eigenvalue weighted by atomic mass is 19.4. The molecule has 0 fully saturated rings. The molecule has 1 rings (SSSR count). The second kappa shape index (κ2) is 9.05. The van der Waals surface area contributed by atoms with E-state index in [1.54, 1.807) is 6.07 Å². The van der Waals surface area contributed by atoms with Gasteiger partial charge in [-0.15, -0.1) is 0 Å². The molecule has 146 valence electrons. The van der Waals surface area contributed by atoms with Crippen molar-refractivity contribution < 1.29 is 26.3 Å². The Morgan fingerprint density at radius 1 is 1.19 bits per heavy atom. The average Bonchev–Trinajstić information content (AvgIpc) is 2.50. The van der Waals surface area contributed by atoms with E-state index in [1.807, 2.05) is 6.92 Å². The van der Waals surface area contributed by atoms with Crippen LogP contribution in [0.4, 0.5) is 32.0 Å². The van der Waals surface area contributed by atoms with Gasteiger partial charge in [0, 0.05) is 12.2 Å². The number of aliphatic imine (C=N–C) groups is 1. The molecule has 0 saturated heterocycles. The number of hydrogen-bond acceptors (Lipinski definition) is 3. The van der Waals surface area contributed by atoms with Gasteiger partial charge in [0.05, 0.1) is 11.9 Å². The van der Waals surface area contributed by atoms with Crippen LogP contribution in [0.2, 0.25) is 0 Å². The largest absolute Gasteiger partial charge is 0.432 e. The molecular formula is C17H21F6N3. The maximum atomic E-state index is 13.3. The first kappa shape index (κ1) is 22.0. The molecule has 0 bridgehead atoms. The van der Waals surface area contributed by atoms with Crippen LogP contribution in [0.5, 0.6) is 0 Å². The zero-order valence-corrected chi connectivity index (χ0v) is 14.7. The van der Waals surface area contributed by atoms with Gasteiger partial charge in [-0.3, -0.25) is 9.98 Å². The molecule has 3 nitrogen and oxygen atoms in total. The minimum absolute atomic E-state index is 0.00337. The van der Waals surface area contributed by atoms with Gasteiger partial charge in [0.15, 0.2) is 0 Å². The minimum Gasteiger partial charge on any atom is -0.350 e. The van der Waals surface area contributed by atoms with E-state index in [-0.39, 0.29) is 11.8 Å². The van der Waals surface area contributed by atoms with Gasteiger partial charge in [0.2, 0.25) is 0 Å². The van der Waals surface area contributed by atoms with E-state index in [9.17, 15) is 26.3 Å². The van der Waals surface area contributed by atoms with Gasteiger partial charge in [-0.1, -0.05) is 13.3 Å². The zero-order valence-electron chi connectivity index (χ0n) is 14.7. The molecule has 0 amide bonds. The topological polar surface area (TPSA) is 37.3 Å². The lowest BCUT2D eigenvalue weighted by atomic mass is 10.1. The molecule has 0 atom stereocenters. The Morgan fingerprint density at radius 2 is 1.85 bits per heavy atom. The molecule has 1 heterocycles. The predicted molar refractivity (Wildman–Crippen MR) is 89.2 cm³/mol. The van der Waals surface area contributed by atoms with Gasteiger partial charge in [-0.25, -0.2) is 0 Å². The third-order valence-corrected chi connectivity index (χ3v) is 3.25. The number of nitrogens with one attached hydrogen (secondary N) is 1. The number of aryl methyl sites for hydroxylation is 1. The normalized spacial score (nSPS) is 14.1. The van der Waals surface area contributed by atoms with Crippen molar-refractivity contribution in [3.05, 3.63) is 35.8 Å². The van der Waals surface area contributed by atoms with Crippen molar-refractivity contribution in [1.82, 2.24) is 4.98 Å². The quantitative estimate of drug-likeness (QED) is 0.486. The summed E-state index contributed by atoms with van der Waals surface area (Å²) in [6, 6.07) is 0.731. The summed E-state index contributed by atoms with van der Waals surface area (Å²) in [5.41, 5.74) is -2.56. The zero-order chi connectivity index (χ0) is 20.0. The molecule has 1 aromatic rings. The van der Waals surface area contributed by atoms with Crippen LogP contribution in [0.3, 0.4) is 0 Å². The van der Waals surface area contributed by atoms with Crippen LogP contribution >= 0.6 is 0 Å². The maximum absolute atomic E-state index is 13.3. The highest BCUT2D eigenvalue weighted by Gasteiger charge is 2.40. The van der Waals surface area contributed by atoms with Crippen LogP contribution in [0, 0.1) is 0 Å². The summed E-state index contributed by atoms with van der Waals surface area (Å²) in [6.07, 6.45) is -5.39. The molecule has 9 heteroatoms. The van der Waals surface area contributed by atoms with E-state index >= 15 is 0 Å². The maximum Gasteiger partial charge on any atom is 0.432 e. The van der Waals surface area contributed by atoms with E-state index in [0.717, 1.165) is 19.0 Å². The van der Waals surface area contributed by atoms with Gasteiger partial charge in [-0.2, -0.15) is 26.3 Å². The van der Waals surface area contributed by atoms with Crippen molar-refractivity contribution in [1.29, 1.82) is 0 Å². The third kappa shape index (κ3) is 7.05. The summed E-state index contributed by atoms with van der Waals surface area (Å²) < 4.78 is 79.0. The molecule has 0 spiro atoms.